The normalized spacial score (nSPS) is 11.3. The van der Waals surface area contributed by atoms with E-state index < -0.39 is 11.7 Å². The fourth-order valence-corrected chi connectivity index (χ4v) is 3.69. The van der Waals surface area contributed by atoms with E-state index in [4.69, 9.17) is 32.5 Å². The third-order valence-corrected chi connectivity index (χ3v) is 5.35. The highest BCUT2D eigenvalue weighted by molar-refractivity contribution is 6.33. The lowest BCUT2D eigenvalue weighted by molar-refractivity contribution is 0.1000. The zero-order valence-corrected chi connectivity index (χ0v) is 19.9. The molecule has 3 aromatic carbocycles. The van der Waals surface area contributed by atoms with E-state index in [1.54, 1.807) is 12.1 Å². The van der Waals surface area contributed by atoms with Gasteiger partial charge in [-0.3, -0.25) is 4.79 Å². The zero-order chi connectivity index (χ0) is 24.4. The van der Waals surface area contributed by atoms with Crippen LogP contribution in [0.1, 0.15) is 41.3 Å². The second-order valence-electron chi connectivity index (χ2n) is 6.94. The molecule has 0 heterocycles. The first-order valence-corrected chi connectivity index (χ1v) is 11.1. The SMILES string of the molecule is CC.COCCOc1ccc(C(N)=O)c(-c2cc(C(CN)c3ccccc3)ccc2Cl)c1F. The maximum Gasteiger partial charge on any atom is 0.249 e. The summed E-state index contributed by atoms with van der Waals surface area (Å²) in [5.41, 5.74) is 13.8. The van der Waals surface area contributed by atoms with Gasteiger partial charge in [-0.25, -0.2) is 4.39 Å². The third-order valence-electron chi connectivity index (χ3n) is 5.02. The van der Waals surface area contributed by atoms with Gasteiger partial charge in [-0.2, -0.15) is 0 Å². The number of carbonyl (C=O) groups is 1. The molecule has 0 aliphatic carbocycles. The van der Waals surface area contributed by atoms with Crippen LogP contribution in [0.15, 0.2) is 60.7 Å². The lowest BCUT2D eigenvalue weighted by Gasteiger charge is -2.19. The summed E-state index contributed by atoms with van der Waals surface area (Å²) in [7, 11) is 1.52. The number of hydrogen-bond acceptors (Lipinski definition) is 4. The first kappa shape index (κ1) is 26.3. The van der Waals surface area contributed by atoms with Crippen LogP contribution in [0.25, 0.3) is 11.1 Å². The van der Waals surface area contributed by atoms with Crippen molar-refractivity contribution in [2.45, 2.75) is 19.8 Å². The van der Waals surface area contributed by atoms with Crippen LogP contribution >= 0.6 is 11.6 Å². The molecule has 176 valence electrons. The first-order valence-electron chi connectivity index (χ1n) is 10.8. The van der Waals surface area contributed by atoms with Crippen molar-refractivity contribution < 1.29 is 18.7 Å². The summed E-state index contributed by atoms with van der Waals surface area (Å²) in [6.07, 6.45) is 0. The Morgan fingerprint density at radius 3 is 2.33 bits per heavy atom. The zero-order valence-electron chi connectivity index (χ0n) is 19.1. The van der Waals surface area contributed by atoms with Gasteiger partial charge in [-0.15, -0.1) is 0 Å². The number of primary amides is 1. The molecule has 0 fully saturated rings. The van der Waals surface area contributed by atoms with Crippen LogP contribution in [-0.4, -0.2) is 32.8 Å². The van der Waals surface area contributed by atoms with Crippen LogP contribution in [0, 0.1) is 5.82 Å². The van der Waals surface area contributed by atoms with E-state index in [2.05, 4.69) is 0 Å². The summed E-state index contributed by atoms with van der Waals surface area (Å²) in [4.78, 5) is 12.1. The summed E-state index contributed by atoms with van der Waals surface area (Å²) >= 11 is 6.44. The van der Waals surface area contributed by atoms with E-state index in [0.29, 0.717) is 12.1 Å². The van der Waals surface area contributed by atoms with Gasteiger partial charge < -0.3 is 20.9 Å². The van der Waals surface area contributed by atoms with Crippen molar-refractivity contribution in [2.75, 3.05) is 26.9 Å². The molecule has 0 spiro atoms. The average Bonchev–Trinajstić information content (AvgIpc) is 2.83. The van der Waals surface area contributed by atoms with E-state index in [9.17, 15) is 4.79 Å². The Kier molecular flexibility index (Phi) is 10.3. The van der Waals surface area contributed by atoms with Crippen LogP contribution in [0.3, 0.4) is 0 Å². The maximum absolute atomic E-state index is 15.5. The number of hydrogen-bond donors (Lipinski definition) is 2. The minimum Gasteiger partial charge on any atom is -0.488 e. The number of amides is 1. The van der Waals surface area contributed by atoms with Gasteiger partial charge in [0.15, 0.2) is 11.6 Å². The van der Waals surface area contributed by atoms with Gasteiger partial charge in [0.05, 0.1) is 12.2 Å². The summed E-state index contributed by atoms with van der Waals surface area (Å²) in [6, 6.07) is 17.8. The van der Waals surface area contributed by atoms with Gasteiger partial charge in [0.2, 0.25) is 5.91 Å². The van der Waals surface area contributed by atoms with Gasteiger partial charge in [-0.1, -0.05) is 61.8 Å². The summed E-state index contributed by atoms with van der Waals surface area (Å²) in [6.45, 7) is 4.79. The number of rotatable bonds is 9. The Morgan fingerprint density at radius 1 is 1.03 bits per heavy atom. The van der Waals surface area contributed by atoms with Gasteiger partial charge in [-0.05, 0) is 35.4 Å². The molecule has 1 unspecified atom stereocenters. The van der Waals surface area contributed by atoms with Gasteiger partial charge in [0, 0.05) is 35.7 Å². The quantitative estimate of drug-likeness (QED) is 0.409. The molecule has 0 radical (unpaired) electrons. The number of benzene rings is 3. The number of carbonyl (C=O) groups excluding carboxylic acids is 1. The fourth-order valence-electron chi connectivity index (χ4n) is 3.47. The van der Waals surface area contributed by atoms with E-state index >= 15 is 4.39 Å². The van der Waals surface area contributed by atoms with Crippen LogP contribution < -0.4 is 16.2 Å². The minimum atomic E-state index is -0.766. The smallest absolute Gasteiger partial charge is 0.249 e. The molecule has 0 aliphatic rings. The third kappa shape index (κ3) is 6.32. The minimum absolute atomic E-state index is 0.00176. The molecule has 4 N–H and O–H groups in total. The lowest BCUT2D eigenvalue weighted by atomic mass is 9.88. The number of halogens is 2. The molecule has 33 heavy (non-hydrogen) atoms. The molecule has 1 amide bonds. The Balaban J connectivity index is 0.00000187. The molecule has 0 saturated carbocycles. The first-order chi connectivity index (χ1) is 16.0. The maximum atomic E-state index is 15.5. The highest BCUT2D eigenvalue weighted by Crippen LogP contribution is 2.39. The molecule has 0 saturated heterocycles. The molecule has 3 aromatic rings. The van der Waals surface area contributed by atoms with Gasteiger partial charge in [0.1, 0.15) is 6.61 Å². The van der Waals surface area contributed by atoms with E-state index in [1.807, 2.05) is 50.2 Å². The molecule has 7 heteroatoms. The van der Waals surface area contributed by atoms with Crippen molar-refractivity contribution in [1.29, 1.82) is 0 Å². The van der Waals surface area contributed by atoms with Crippen LogP contribution in [0.2, 0.25) is 5.02 Å². The molecular weight excluding hydrogens is 443 g/mol. The lowest BCUT2D eigenvalue weighted by Crippen LogP contribution is -2.15. The van der Waals surface area contributed by atoms with Crippen molar-refractivity contribution in [1.82, 2.24) is 0 Å². The van der Waals surface area contributed by atoms with Crippen LogP contribution in [0.5, 0.6) is 5.75 Å². The molecule has 0 aromatic heterocycles. The predicted molar refractivity (Wildman–Crippen MR) is 131 cm³/mol. The Morgan fingerprint density at radius 2 is 1.73 bits per heavy atom. The van der Waals surface area contributed by atoms with Crippen molar-refractivity contribution >= 4 is 17.5 Å². The molecule has 3 rings (SSSR count). The second kappa shape index (κ2) is 12.9. The van der Waals surface area contributed by atoms with Gasteiger partial charge >= 0.3 is 0 Å². The van der Waals surface area contributed by atoms with E-state index in [0.717, 1.165) is 11.1 Å². The Bertz CT molecular complexity index is 1060. The summed E-state index contributed by atoms with van der Waals surface area (Å²) < 4.78 is 25.9. The highest BCUT2D eigenvalue weighted by atomic mass is 35.5. The van der Waals surface area contributed by atoms with Crippen molar-refractivity contribution in [3.05, 3.63) is 88.2 Å². The summed E-state index contributed by atoms with van der Waals surface area (Å²) in [5.74, 6) is -1.62. The topological polar surface area (TPSA) is 87.6 Å². The molecule has 0 aliphatic heterocycles. The van der Waals surface area contributed by atoms with Crippen LogP contribution in [0.4, 0.5) is 4.39 Å². The Hall–Kier alpha value is -2.93. The number of ether oxygens (including phenoxy) is 2. The largest absolute Gasteiger partial charge is 0.488 e. The monoisotopic (exact) mass is 472 g/mol. The predicted octanol–water partition coefficient (Wildman–Crippen LogP) is 5.39. The molecular formula is C26H30ClFN2O3. The number of methoxy groups -OCH3 is 1. The van der Waals surface area contributed by atoms with Crippen LogP contribution in [-0.2, 0) is 4.74 Å². The summed E-state index contributed by atoms with van der Waals surface area (Å²) in [5, 5.41) is 0.281. The Labute approximate surface area is 199 Å². The molecule has 0 bridgehead atoms. The van der Waals surface area contributed by atoms with E-state index in [-0.39, 0.29) is 41.0 Å². The van der Waals surface area contributed by atoms with Crippen molar-refractivity contribution in [3.8, 4) is 16.9 Å². The number of nitrogens with two attached hydrogens (primary N) is 2. The molecule has 5 nitrogen and oxygen atoms in total. The van der Waals surface area contributed by atoms with Gasteiger partial charge in [0.25, 0.3) is 0 Å². The second-order valence-corrected chi connectivity index (χ2v) is 7.35. The fraction of sp³-hybridized carbons (Fsp3) is 0.269. The average molecular weight is 473 g/mol. The molecule has 1 atom stereocenters. The highest BCUT2D eigenvalue weighted by Gasteiger charge is 2.23. The van der Waals surface area contributed by atoms with Crippen molar-refractivity contribution in [3.63, 3.8) is 0 Å². The van der Waals surface area contributed by atoms with Crippen molar-refractivity contribution in [2.24, 2.45) is 11.5 Å². The van der Waals surface area contributed by atoms with E-state index in [1.165, 1.54) is 19.2 Å². The standard InChI is InChI=1S/C24H24ClFN2O3.C2H6/c1-30-11-12-31-21-10-8-17(24(28)29)22(23(21)26)18-13-16(7-9-20(18)25)19(14-27)15-5-3-2-4-6-15;1-2/h2-10,13,19H,11-12,14,27H2,1H3,(H2,28,29);1-2H3.